The smallest absolute Gasteiger partial charge is 0.159 e. The van der Waals surface area contributed by atoms with E-state index >= 15 is 0 Å². The molecule has 5 nitrogen and oxygen atoms in total. The van der Waals surface area contributed by atoms with Gasteiger partial charge in [0.15, 0.2) is 5.82 Å². The molecule has 0 radical (unpaired) electrons. The SMILES string of the molecule is CNc1nc(C2CCCO2)nc2c1COCC2. The van der Waals surface area contributed by atoms with E-state index in [4.69, 9.17) is 9.47 Å². The van der Waals surface area contributed by atoms with Crippen LogP contribution in [0, 0.1) is 0 Å². The van der Waals surface area contributed by atoms with Crippen LogP contribution in [0.25, 0.3) is 0 Å². The van der Waals surface area contributed by atoms with Gasteiger partial charge in [-0.05, 0) is 12.8 Å². The number of nitrogens with one attached hydrogen (secondary N) is 1. The van der Waals surface area contributed by atoms with Crippen LogP contribution in [-0.4, -0.2) is 30.2 Å². The van der Waals surface area contributed by atoms with Crippen molar-refractivity contribution in [1.29, 1.82) is 0 Å². The normalized spacial score (nSPS) is 23.5. The van der Waals surface area contributed by atoms with E-state index < -0.39 is 0 Å². The van der Waals surface area contributed by atoms with Crippen molar-refractivity contribution >= 4 is 5.82 Å². The van der Waals surface area contributed by atoms with Gasteiger partial charge in [-0.3, -0.25) is 0 Å². The van der Waals surface area contributed by atoms with Crippen LogP contribution in [0.2, 0.25) is 0 Å². The van der Waals surface area contributed by atoms with E-state index in [1.165, 1.54) is 0 Å². The van der Waals surface area contributed by atoms with Gasteiger partial charge in [0.2, 0.25) is 0 Å². The van der Waals surface area contributed by atoms with Crippen LogP contribution in [0.1, 0.15) is 36.0 Å². The third kappa shape index (κ3) is 2.00. The summed E-state index contributed by atoms with van der Waals surface area (Å²) in [5.74, 6) is 1.72. The second-order valence-corrected chi connectivity index (χ2v) is 4.41. The zero-order valence-corrected chi connectivity index (χ0v) is 10.0. The molecule has 1 aromatic rings. The maximum atomic E-state index is 5.65. The summed E-state index contributed by atoms with van der Waals surface area (Å²) in [5.41, 5.74) is 2.21. The molecule has 92 valence electrons. The van der Waals surface area contributed by atoms with E-state index in [1.54, 1.807) is 0 Å². The second kappa shape index (κ2) is 4.58. The molecule has 1 fully saturated rings. The Morgan fingerprint density at radius 3 is 3.00 bits per heavy atom. The van der Waals surface area contributed by atoms with Crippen molar-refractivity contribution in [2.45, 2.75) is 32.0 Å². The number of aromatic nitrogens is 2. The fourth-order valence-corrected chi connectivity index (χ4v) is 2.38. The van der Waals surface area contributed by atoms with Crippen molar-refractivity contribution in [1.82, 2.24) is 9.97 Å². The van der Waals surface area contributed by atoms with E-state index in [-0.39, 0.29) is 6.10 Å². The molecule has 5 heteroatoms. The minimum absolute atomic E-state index is 0.0789. The maximum absolute atomic E-state index is 5.65. The van der Waals surface area contributed by atoms with Gasteiger partial charge in [-0.2, -0.15) is 0 Å². The van der Waals surface area contributed by atoms with Crippen LogP contribution in [0.4, 0.5) is 5.82 Å². The molecule has 3 heterocycles. The summed E-state index contributed by atoms with van der Waals surface area (Å²) in [6, 6.07) is 0. The highest BCUT2D eigenvalue weighted by Crippen LogP contribution is 2.29. The Bertz CT molecular complexity index is 399. The molecule has 2 aliphatic heterocycles. The first-order chi connectivity index (χ1) is 8.38. The largest absolute Gasteiger partial charge is 0.376 e. The molecule has 3 rings (SSSR count). The van der Waals surface area contributed by atoms with Gasteiger partial charge in [-0.15, -0.1) is 0 Å². The fraction of sp³-hybridized carbons (Fsp3) is 0.667. The molecule has 1 N–H and O–H groups in total. The van der Waals surface area contributed by atoms with Crippen molar-refractivity contribution < 1.29 is 9.47 Å². The quantitative estimate of drug-likeness (QED) is 0.840. The molecule has 1 unspecified atom stereocenters. The Balaban J connectivity index is 1.99. The summed E-state index contributed by atoms with van der Waals surface area (Å²) in [4.78, 5) is 9.21. The lowest BCUT2D eigenvalue weighted by Gasteiger charge is -2.20. The summed E-state index contributed by atoms with van der Waals surface area (Å²) in [5, 5.41) is 3.13. The predicted octanol–water partition coefficient (Wildman–Crippen LogP) is 1.44. The predicted molar refractivity (Wildman–Crippen MR) is 62.9 cm³/mol. The Hall–Kier alpha value is -1.20. The molecule has 0 amide bonds. The fourth-order valence-electron chi connectivity index (χ4n) is 2.38. The number of rotatable bonds is 2. The summed E-state index contributed by atoms with van der Waals surface area (Å²) in [6.07, 6.45) is 3.07. The Labute approximate surface area is 101 Å². The van der Waals surface area contributed by atoms with E-state index in [1.807, 2.05) is 7.05 Å². The average molecular weight is 235 g/mol. The molecule has 0 saturated carbocycles. The van der Waals surface area contributed by atoms with Crippen LogP contribution in [0.3, 0.4) is 0 Å². The van der Waals surface area contributed by atoms with Crippen molar-refractivity contribution in [3.63, 3.8) is 0 Å². The van der Waals surface area contributed by atoms with Gasteiger partial charge < -0.3 is 14.8 Å². The molecule has 0 bridgehead atoms. The molecule has 0 aliphatic carbocycles. The van der Waals surface area contributed by atoms with Gasteiger partial charge in [0.05, 0.1) is 18.9 Å². The van der Waals surface area contributed by atoms with E-state index in [2.05, 4.69) is 15.3 Å². The van der Waals surface area contributed by atoms with Gasteiger partial charge in [0.25, 0.3) is 0 Å². The summed E-state index contributed by atoms with van der Waals surface area (Å²) in [6.45, 7) is 2.18. The van der Waals surface area contributed by atoms with Gasteiger partial charge in [-0.1, -0.05) is 0 Å². The molecule has 0 spiro atoms. The number of ether oxygens (including phenoxy) is 2. The molecule has 17 heavy (non-hydrogen) atoms. The second-order valence-electron chi connectivity index (χ2n) is 4.41. The van der Waals surface area contributed by atoms with Crippen LogP contribution in [0.5, 0.6) is 0 Å². The minimum Gasteiger partial charge on any atom is -0.376 e. The zero-order valence-electron chi connectivity index (χ0n) is 10.0. The number of hydrogen-bond donors (Lipinski definition) is 1. The van der Waals surface area contributed by atoms with Crippen molar-refractivity contribution in [2.75, 3.05) is 25.6 Å². The van der Waals surface area contributed by atoms with Crippen molar-refractivity contribution in [3.05, 3.63) is 17.1 Å². The molecule has 2 aliphatic rings. The highest BCUT2D eigenvalue weighted by Gasteiger charge is 2.24. The summed E-state index contributed by atoms with van der Waals surface area (Å²) in [7, 11) is 1.89. The Morgan fingerprint density at radius 2 is 2.24 bits per heavy atom. The molecule has 1 atom stereocenters. The standard InChI is InChI=1S/C12H17N3O2/c1-13-11-8-7-16-6-4-9(8)14-12(15-11)10-3-2-5-17-10/h10H,2-7H2,1H3,(H,13,14,15). The lowest BCUT2D eigenvalue weighted by Crippen LogP contribution is -2.18. The van der Waals surface area contributed by atoms with Crippen LogP contribution >= 0.6 is 0 Å². The first-order valence-corrected chi connectivity index (χ1v) is 6.15. The van der Waals surface area contributed by atoms with Gasteiger partial charge in [-0.25, -0.2) is 9.97 Å². The third-order valence-corrected chi connectivity index (χ3v) is 3.29. The summed E-state index contributed by atoms with van der Waals surface area (Å²) >= 11 is 0. The van der Waals surface area contributed by atoms with E-state index in [9.17, 15) is 0 Å². The topological polar surface area (TPSA) is 56.3 Å². The van der Waals surface area contributed by atoms with E-state index in [0.717, 1.165) is 55.4 Å². The number of nitrogens with zero attached hydrogens (tertiary/aromatic N) is 2. The number of hydrogen-bond acceptors (Lipinski definition) is 5. The lowest BCUT2D eigenvalue weighted by molar-refractivity contribution is 0.0991. The molecule has 0 aromatic carbocycles. The first kappa shape index (κ1) is 10.9. The third-order valence-electron chi connectivity index (χ3n) is 3.29. The lowest BCUT2D eigenvalue weighted by atomic mass is 10.1. The van der Waals surface area contributed by atoms with Crippen molar-refractivity contribution in [3.8, 4) is 0 Å². The van der Waals surface area contributed by atoms with Gasteiger partial charge in [0, 0.05) is 25.6 Å². The van der Waals surface area contributed by atoms with Crippen molar-refractivity contribution in [2.24, 2.45) is 0 Å². The van der Waals surface area contributed by atoms with Gasteiger partial charge in [0.1, 0.15) is 11.9 Å². The average Bonchev–Trinajstić information content (AvgIpc) is 2.91. The van der Waals surface area contributed by atoms with E-state index in [0.29, 0.717) is 6.61 Å². The number of anilines is 1. The zero-order chi connectivity index (χ0) is 11.7. The Kier molecular flexibility index (Phi) is 2.94. The monoisotopic (exact) mass is 235 g/mol. The first-order valence-electron chi connectivity index (χ1n) is 6.15. The van der Waals surface area contributed by atoms with Gasteiger partial charge >= 0.3 is 0 Å². The summed E-state index contributed by atoms with van der Waals surface area (Å²) < 4.78 is 11.1. The van der Waals surface area contributed by atoms with Crippen LogP contribution in [-0.2, 0) is 22.5 Å². The minimum atomic E-state index is 0.0789. The highest BCUT2D eigenvalue weighted by molar-refractivity contribution is 5.46. The molecule has 1 saturated heterocycles. The molecule has 1 aromatic heterocycles. The highest BCUT2D eigenvalue weighted by atomic mass is 16.5. The van der Waals surface area contributed by atoms with Crippen LogP contribution in [0.15, 0.2) is 0 Å². The molecular weight excluding hydrogens is 218 g/mol. The number of fused-ring (bicyclic) bond motifs is 1. The molecular formula is C12H17N3O2. The maximum Gasteiger partial charge on any atom is 0.159 e. The van der Waals surface area contributed by atoms with Crippen LogP contribution < -0.4 is 5.32 Å². The Morgan fingerprint density at radius 1 is 1.29 bits per heavy atom.